The van der Waals surface area contributed by atoms with Crippen LogP contribution in [0, 0.1) is 5.92 Å². The molecule has 2 heterocycles. The average molecular weight is 244 g/mol. The minimum atomic E-state index is 0.756. The molecular weight excluding hydrogens is 220 g/mol. The maximum atomic E-state index is 3.54. The number of anilines is 1. The molecule has 2 nitrogen and oxygen atoms in total. The molecule has 1 aromatic carbocycles. The van der Waals surface area contributed by atoms with E-state index in [0.717, 1.165) is 18.4 Å². The van der Waals surface area contributed by atoms with Crippen molar-refractivity contribution in [1.29, 1.82) is 0 Å². The van der Waals surface area contributed by atoms with Crippen molar-refractivity contribution in [1.82, 2.24) is 5.32 Å². The van der Waals surface area contributed by atoms with E-state index in [0.29, 0.717) is 0 Å². The van der Waals surface area contributed by atoms with Crippen LogP contribution >= 0.6 is 0 Å². The molecular formula is C16H24N2. The number of piperidine rings is 1. The third-order valence-electron chi connectivity index (χ3n) is 4.56. The maximum Gasteiger partial charge on any atom is 0.0402 e. The third kappa shape index (κ3) is 2.26. The van der Waals surface area contributed by atoms with E-state index in [1.54, 1.807) is 5.56 Å². The molecule has 1 fully saturated rings. The lowest BCUT2D eigenvalue weighted by Crippen LogP contribution is -2.31. The number of likely N-dealkylation sites (N-methyl/N-ethyl adjacent to an activating group) is 1. The van der Waals surface area contributed by atoms with Crippen molar-refractivity contribution in [2.24, 2.45) is 5.92 Å². The van der Waals surface area contributed by atoms with Crippen LogP contribution in [0.25, 0.3) is 0 Å². The molecule has 0 aliphatic carbocycles. The van der Waals surface area contributed by atoms with Crippen molar-refractivity contribution in [3.8, 4) is 0 Å². The van der Waals surface area contributed by atoms with Crippen LogP contribution in [-0.2, 0) is 0 Å². The second kappa shape index (κ2) is 5.31. The van der Waals surface area contributed by atoms with Gasteiger partial charge in [0.1, 0.15) is 0 Å². The molecule has 2 aliphatic heterocycles. The summed E-state index contributed by atoms with van der Waals surface area (Å²) in [6, 6.07) is 9.00. The molecule has 0 bridgehead atoms. The molecule has 0 saturated carbocycles. The molecule has 2 unspecified atom stereocenters. The van der Waals surface area contributed by atoms with Crippen LogP contribution in [0.15, 0.2) is 24.3 Å². The van der Waals surface area contributed by atoms with Gasteiger partial charge < -0.3 is 10.2 Å². The van der Waals surface area contributed by atoms with Gasteiger partial charge in [-0.2, -0.15) is 0 Å². The zero-order valence-electron chi connectivity index (χ0n) is 11.4. The summed E-state index contributed by atoms with van der Waals surface area (Å²) in [7, 11) is 0. The molecule has 0 radical (unpaired) electrons. The van der Waals surface area contributed by atoms with E-state index in [1.807, 2.05) is 0 Å². The van der Waals surface area contributed by atoms with E-state index in [9.17, 15) is 0 Å². The standard InChI is InChI=1S/C16H24N2/c1-2-18-12-14(10-13-6-5-9-17-11-13)15-7-3-4-8-16(15)18/h3-4,7-8,13-14,17H,2,5-6,9-12H2,1H3. The summed E-state index contributed by atoms with van der Waals surface area (Å²) < 4.78 is 0. The van der Waals surface area contributed by atoms with Crippen LogP contribution in [-0.4, -0.2) is 26.2 Å². The fourth-order valence-corrected chi connectivity index (χ4v) is 3.61. The average Bonchev–Trinajstić information content (AvgIpc) is 2.78. The smallest absolute Gasteiger partial charge is 0.0402 e. The molecule has 2 heteroatoms. The van der Waals surface area contributed by atoms with Gasteiger partial charge in [-0.1, -0.05) is 18.2 Å². The summed E-state index contributed by atoms with van der Waals surface area (Å²) in [5.41, 5.74) is 3.07. The summed E-state index contributed by atoms with van der Waals surface area (Å²) in [6.07, 6.45) is 4.13. The Kier molecular flexibility index (Phi) is 3.55. The van der Waals surface area contributed by atoms with Crippen molar-refractivity contribution in [2.45, 2.75) is 32.1 Å². The highest BCUT2D eigenvalue weighted by atomic mass is 15.1. The quantitative estimate of drug-likeness (QED) is 0.879. The fraction of sp³-hybridized carbons (Fsp3) is 0.625. The second-order valence-corrected chi connectivity index (χ2v) is 5.74. The van der Waals surface area contributed by atoms with Gasteiger partial charge in [0.15, 0.2) is 0 Å². The second-order valence-electron chi connectivity index (χ2n) is 5.74. The molecule has 2 atom stereocenters. The van der Waals surface area contributed by atoms with E-state index in [2.05, 4.69) is 41.4 Å². The van der Waals surface area contributed by atoms with Gasteiger partial charge in [0, 0.05) is 24.7 Å². The summed E-state index contributed by atoms with van der Waals surface area (Å²) in [5.74, 6) is 1.64. The molecule has 1 N–H and O–H groups in total. The minimum absolute atomic E-state index is 0.756. The SMILES string of the molecule is CCN1CC(CC2CCCNC2)c2ccccc21. The Balaban J connectivity index is 1.73. The van der Waals surface area contributed by atoms with Gasteiger partial charge in [0.05, 0.1) is 0 Å². The Morgan fingerprint density at radius 1 is 1.33 bits per heavy atom. The van der Waals surface area contributed by atoms with Gasteiger partial charge in [-0.05, 0) is 56.8 Å². The zero-order valence-corrected chi connectivity index (χ0v) is 11.4. The number of para-hydroxylation sites is 1. The molecule has 1 aromatic rings. The molecule has 0 aromatic heterocycles. The Morgan fingerprint density at radius 2 is 2.22 bits per heavy atom. The Morgan fingerprint density at radius 3 is 3.00 bits per heavy atom. The number of hydrogen-bond donors (Lipinski definition) is 1. The topological polar surface area (TPSA) is 15.3 Å². The fourth-order valence-electron chi connectivity index (χ4n) is 3.61. The number of fused-ring (bicyclic) bond motifs is 1. The minimum Gasteiger partial charge on any atom is -0.371 e. The Labute approximate surface area is 110 Å². The predicted molar refractivity (Wildman–Crippen MR) is 77.3 cm³/mol. The van der Waals surface area contributed by atoms with Gasteiger partial charge in [0.2, 0.25) is 0 Å². The highest BCUT2D eigenvalue weighted by Gasteiger charge is 2.29. The Bertz CT molecular complexity index is 396. The van der Waals surface area contributed by atoms with E-state index in [1.165, 1.54) is 44.6 Å². The van der Waals surface area contributed by atoms with Crippen LogP contribution < -0.4 is 10.2 Å². The third-order valence-corrected chi connectivity index (χ3v) is 4.56. The lowest BCUT2D eigenvalue weighted by atomic mass is 9.86. The molecule has 3 rings (SSSR count). The van der Waals surface area contributed by atoms with Crippen LogP contribution in [0.1, 0.15) is 37.7 Å². The van der Waals surface area contributed by atoms with Gasteiger partial charge in [-0.3, -0.25) is 0 Å². The van der Waals surface area contributed by atoms with Crippen LogP contribution in [0.2, 0.25) is 0 Å². The van der Waals surface area contributed by atoms with Gasteiger partial charge in [-0.15, -0.1) is 0 Å². The van der Waals surface area contributed by atoms with E-state index in [4.69, 9.17) is 0 Å². The van der Waals surface area contributed by atoms with Crippen LogP contribution in [0.5, 0.6) is 0 Å². The highest BCUT2D eigenvalue weighted by Crippen LogP contribution is 2.39. The van der Waals surface area contributed by atoms with Crippen LogP contribution in [0.4, 0.5) is 5.69 Å². The number of nitrogens with one attached hydrogen (secondary N) is 1. The monoisotopic (exact) mass is 244 g/mol. The molecule has 0 amide bonds. The first kappa shape index (κ1) is 12.0. The first-order valence-electron chi connectivity index (χ1n) is 7.43. The van der Waals surface area contributed by atoms with E-state index >= 15 is 0 Å². The molecule has 0 spiro atoms. The van der Waals surface area contributed by atoms with Crippen molar-refractivity contribution in [3.63, 3.8) is 0 Å². The summed E-state index contributed by atoms with van der Waals surface area (Å²) in [6.45, 7) is 7.08. The van der Waals surface area contributed by atoms with Gasteiger partial charge in [-0.25, -0.2) is 0 Å². The zero-order chi connectivity index (χ0) is 12.4. The molecule has 2 aliphatic rings. The lowest BCUT2D eigenvalue weighted by Gasteiger charge is -2.25. The molecule has 98 valence electrons. The van der Waals surface area contributed by atoms with Gasteiger partial charge >= 0.3 is 0 Å². The normalized spacial score (nSPS) is 27.3. The number of benzene rings is 1. The number of nitrogens with zero attached hydrogens (tertiary/aromatic N) is 1. The first-order chi connectivity index (χ1) is 8.88. The number of hydrogen-bond acceptors (Lipinski definition) is 2. The highest BCUT2D eigenvalue weighted by molar-refractivity contribution is 5.60. The Hall–Kier alpha value is -1.02. The van der Waals surface area contributed by atoms with E-state index in [-0.39, 0.29) is 0 Å². The molecule has 1 saturated heterocycles. The predicted octanol–water partition coefficient (Wildman–Crippen LogP) is 3.00. The van der Waals surface area contributed by atoms with Crippen molar-refractivity contribution in [2.75, 3.05) is 31.1 Å². The summed E-state index contributed by atoms with van der Waals surface area (Å²) >= 11 is 0. The maximum absolute atomic E-state index is 3.54. The molecule has 18 heavy (non-hydrogen) atoms. The summed E-state index contributed by atoms with van der Waals surface area (Å²) in [4.78, 5) is 2.54. The first-order valence-corrected chi connectivity index (χ1v) is 7.43. The van der Waals surface area contributed by atoms with E-state index < -0.39 is 0 Å². The largest absolute Gasteiger partial charge is 0.371 e. The van der Waals surface area contributed by atoms with Crippen molar-refractivity contribution < 1.29 is 0 Å². The number of rotatable bonds is 3. The lowest BCUT2D eigenvalue weighted by molar-refractivity contribution is 0.338. The summed E-state index contributed by atoms with van der Waals surface area (Å²) in [5, 5.41) is 3.54. The van der Waals surface area contributed by atoms with Crippen LogP contribution in [0.3, 0.4) is 0 Å². The van der Waals surface area contributed by atoms with Gasteiger partial charge in [0.25, 0.3) is 0 Å². The van der Waals surface area contributed by atoms with Crippen molar-refractivity contribution >= 4 is 5.69 Å². The van der Waals surface area contributed by atoms with Crippen molar-refractivity contribution in [3.05, 3.63) is 29.8 Å².